The number of benzene rings is 1. The molecule has 2 amide bonds. The summed E-state index contributed by atoms with van der Waals surface area (Å²) < 4.78 is 0. The summed E-state index contributed by atoms with van der Waals surface area (Å²) in [6, 6.07) is 4.03. The predicted molar refractivity (Wildman–Crippen MR) is 60.5 cm³/mol. The van der Waals surface area contributed by atoms with Gasteiger partial charge in [-0.3, -0.25) is 9.59 Å². The minimum absolute atomic E-state index is 0.174. The number of hydrogen-bond donors (Lipinski definition) is 4. The highest BCUT2D eigenvalue weighted by molar-refractivity contribution is 5.99. The molecule has 1 aromatic carbocycles. The lowest BCUT2D eigenvalue weighted by Gasteiger charge is -2.07. The summed E-state index contributed by atoms with van der Waals surface area (Å²) in [5, 5.41) is 21.3. The Morgan fingerprint density at radius 3 is 2.35 bits per heavy atom. The molecule has 0 aliphatic carbocycles. The van der Waals surface area contributed by atoms with Gasteiger partial charge in [-0.25, -0.2) is 0 Å². The van der Waals surface area contributed by atoms with E-state index in [1.165, 1.54) is 18.2 Å². The zero-order valence-electron chi connectivity index (χ0n) is 9.14. The van der Waals surface area contributed by atoms with Crippen LogP contribution in [0.2, 0.25) is 0 Å². The molecule has 0 spiro atoms. The van der Waals surface area contributed by atoms with Gasteiger partial charge in [0.05, 0.1) is 0 Å². The molecule has 0 aromatic heterocycles. The molecule has 1 rings (SSSR count). The molecule has 0 saturated heterocycles. The monoisotopic (exact) mass is 238 g/mol. The van der Waals surface area contributed by atoms with Crippen LogP contribution in [-0.2, 0) is 4.79 Å². The summed E-state index contributed by atoms with van der Waals surface area (Å²) in [5.74, 6) is -1.62. The van der Waals surface area contributed by atoms with Gasteiger partial charge in [-0.1, -0.05) is 6.07 Å². The van der Waals surface area contributed by atoms with Gasteiger partial charge in [0, 0.05) is 13.0 Å². The lowest BCUT2D eigenvalue weighted by atomic mass is 10.1. The maximum Gasteiger partial charge on any atom is 0.258 e. The number of phenols is 2. The van der Waals surface area contributed by atoms with Gasteiger partial charge in [-0.15, -0.1) is 0 Å². The average molecular weight is 238 g/mol. The molecule has 92 valence electrons. The molecule has 0 bridgehead atoms. The van der Waals surface area contributed by atoms with Gasteiger partial charge in [0.1, 0.15) is 17.1 Å². The zero-order chi connectivity index (χ0) is 12.8. The fourth-order valence-corrected chi connectivity index (χ4v) is 1.31. The second-order valence-corrected chi connectivity index (χ2v) is 3.50. The molecule has 6 heteroatoms. The van der Waals surface area contributed by atoms with E-state index in [0.717, 1.165) is 0 Å². The van der Waals surface area contributed by atoms with Crippen LogP contribution in [0.15, 0.2) is 18.2 Å². The summed E-state index contributed by atoms with van der Waals surface area (Å²) in [6.07, 6.45) is 0.586. The summed E-state index contributed by atoms with van der Waals surface area (Å²) in [6.45, 7) is 0.246. The molecule has 6 nitrogen and oxygen atoms in total. The van der Waals surface area contributed by atoms with Crippen molar-refractivity contribution < 1.29 is 19.8 Å². The molecule has 0 unspecified atom stereocenters. The Morgan fingerprint density at radius 2 is 1.82 bits per heavy atom. The highest BCUT2D eigenvalue weighted by atomic mass is 16.3. The van der Waals surface area contributed by atoms with E-state index in [1.807, 2.05) is 0 Å². The third-order valence-corrected chi connectivity index (χ3v) is 2.13. The highest BCUT2D eigenvalue weighted by Gasteiger charge is 2.15. The first-order chi connectivity index (χ1) is 8.02. The van der Waals surface area contributed by atoms with Crippen molar-refractivity contribution in [2.45, 2.75) is 12.8 Å². The maximum atomic E-state index is 11.6. The van der Waals surface area contributed by atoms with E-state index >= 15 is 0 Å². The number of nitrogens with two attached hydrogens (primary N) is 1. The van der Waals surface area contributed by atoms with Crippen molar-refractivity contribution >= 4 is 11.8 Å². The number of carbonyl (C=O) groups excluding carboxylic acids is 2. The third-order valence-electron chi connectivity index (χ3n) is 2.13. The second-order valence-electron chi connectivity index (χ2n) is 3.50. The van der Waals surface area contributed by atoms with Crippen LogP contribution in [0.3, 0.4) is 0 Å². The Hall–Kier alpha value is -2.24. The fraction of sp³-hybridized carbons (Fsp3) is 0.273. The Bertz CT molecular complexity index is 411. The number of hydrogen-bond acceptors (Lipinski definition) is 4. The predicted octanol–water partition coefficient (Wildman–Crippen LogP) is 0.0931. The van der Waals surface area contributed by atoms with Gasteiger partial charge in [0.2, 0.25) is 5.91 Å². The van der Waals surface area contributed by atoms with Crippen LogP contribution < -0.4 is 11.1 Å². The Morgan fingerprint density at radius 1 is 1.24 bits per heavy atom. The molecule has 0 heterocycles. The summed E-state index contributed by atoms with van der Waals surface area (Å²) in [5.41, 5.74) is 4.76. The van der Waals surface area contributed by atoms with Crippen molar-refractivity contribution in [2.75, 3.05) is 6.54 Å². The van der Waals surface area contributed by atoms with Crippen molar-refractivity contribution in [1.82, 2.24) is 5.32 Å². The van der Waals surface area contributed by atoms with Crippen LogP contribution in [0.5, 0.6) is 11.5 Å². The average Bonchev–Trinajstić information content (AvgIpc) is 2.24. The third kappa shape index (κ3) is 3.67. The van der Waals surface area contributed by atoms with Crippen LogP contribution in [0.25, 0.3) is 0 Å². The highest BCUT2D eigenvalue weighted by Crippen LogP contribution is 2.25. The Balaban J connectivity index is 2.55. The van der Waals surface area contributed by atoms with E-state index < -0.39 is 11.8 Å². The van der Waals surface area contributed by atoms with Gasteiger partial charge < -0.3 is 21.3 Å². The molecule has 17 heavy (non-hydrogen) atoms. The molecule has 0 aliphatic heterocycles. The number of amides is 2. The molecule has 0 fully saturated rings. The van der Waals surface area contributed by atoms with Crippen molar-refractivity contribution in [1.29, 1.82) is 0 Å². The van der Waals surface area contributed by atoms with Crippen molar-refractivity contribution in [3.05, 3.63) is 23.8 Å². The molecule has 0 aliphatic rings. The smallest absolute Gasteiger partial charge is 0.258 e. The number of rotatable bonds is 5. The van der Waals surface area contributed by atoms with Crippen LogP contribution in [0, 0.1) is 0 Å². The summed E-state index contributed by atoms with van der Waals surface area (Å²) >= 11 is 0. The number of carbonyl (C=O) groups is 2. The number of phenolic OH excluding ortho intramolecular Hbond substituents is 2. The van der Waals surface area contributed by atoms with Gasteiger partial charge in [-0.2, -0.15) is 0 Å². The van der Waals surface area contributed by atoms with Crippen molar-refractivity contribution in [2.24, 2.45) is 5.73 Å². The van der Waals surface area contributed by atoms with E-state index in [0.29, 0.717) is 6.42 Å². The Labute approximate surface area is 98.1 Å². The minimum atomic E-state index is -0.593. The van der Waals surface area contributed by atoms with Gasteiger partial charge in [0.25, 0.3) is 5.91 Å². The quantitative estimate of drug-likeness (QED) is 0.544. The van der Waals surface area contributed by atoms with Crippen LogP contribution in [0.1, 0.15) is 23.2 Å². The molecular weight excluding hydrogens is 224 g/mol. The first kappa shape index (κ1) is 12.8. The molecule has 1 aromatic rings. The van der Waals surface area contributed by atoms with Crippen molar-refractivity contribution in [3.8, 4) is 11.5 Å². The standard InChI is InChI=1S/C11H14N2O4/c12-9(16)5-2-6-13-11(17)10-7(14)3-1-4-8(10)15/h1,3-4,14-15H,2,5-6H2,(H2,12,16)(H,13,17). The molecular formula is C11H14N2O4. The van der Waals surface area contributed by atoms with Gasteiger partial charge in [-0.05, 0) is 18.6 Å². The first-order valence-electron chi connectivity index (χ1n) is 5.10. The van der Waals surface area contributed by atoms with E-state index in [-0.39, 0.29) is 30.0 Å². The number of nitrogens with one attached hydrogen (secondary N) is 1. The van der Waals surface area contributed by atoms with Crippen LogP contribution >= 0.6 is 0 Å². The second kappa shape index (κ2) is 5.74. The van der Waals surface area contributed by atoms with Crippen molar-refractivity contribution in [3.63, 3.8) is 0 Å². The van der Waals surface area contributed by atoms with E-state index in [9.17, 15) is 19.8 Å². The molecule has 0 atom stereocenters. The van der Waals surface area contributed by atoms with Crippen LogP contribution in [0.4, 0.5) is 0 Å². The number of primary amides is 1. The Kier molecular flexibility index (Phi) is 4.33. The van der Waals surface area contributed by atoms with Gasteiger partial charge >= 0.3 is 0 Å². The normalized spacial score (nSPS) is 9.88. The molecule has 5 N–H and O–H groups in total. The van der Waals surface area contributed by atoms with Crippen LogP contribution in [-0.4, -0.2) is 28.6 Å². The largest absolute Gasteiger partial charge is 0.507 e. The van der Waals surface area contributed by atoms with E-state index in [2.05, 4.69) is 5.32 Å². The SMILES string of the molecule is NC(=O)CCCNC(=O)c1c(O)cccc1O. The fourth-order valence-electron chi connectivity index (χ4n) is 1.31. The topological polar surface area (TPSA) is 113 Å². The molecule has 0 radical (unpaired) electrons. The molecule has 0 saturated carbocycles. The first-order valence-corrected chi connectivity index (χ1v) is 5.10. The lowest BCUT2D eigenvalue weighted by Crippen LogP contribution is -2.25. The minimum Gasteiger partial charge on any atom is -0.507 e. The van der Waals surface area contributed by atoms with E-state index in [4.69, 9.17) is 5.73 Å². The maximum absolute atomic E-state index is 11.6. The van der Waals surface area contributed by atoms with E-state index in [1.54, 1.807) is 0 Å². The van der Waals surface area contributed by atoms with Gasteiger partial charge in [0.15, 0.2) is 0 Å². The summed E-state index contributed by atoms with van der Waals surface area (Å²) in [4.78, 5) is 22.0. The summed E-state index contributed by atoms with van der Waals surface area (Å²) in [7, 11) is 0. The zero-order valence-corrected chi connectivity index (χ0v) is 9.14. The lowest BCUT2D eigenvalue weighted by molar-refractivity contribution is -0.118. The number of aromatic hydroxyl groups is 2.